The average Bonchev–Trinajstić information content (AvgIpc) is 2.51. The molecule has 0 aliphatic heterocycles. The summed E-state index contributed by atoms with van der Waals surface area (Å²) in [5.74, 6) is 0.948. The Bertz CT molecular complexity index is 473. The molecule has 0 atom stereocenters. The highest BCUT2D eigenvalue weighted by Crippen LogP contribution is 2.32. The van der Waals surface area contributed by atoms with E-state index in [0.29, 0.717) is 5.69 Å². The third kappa shape index (κ3) is 4.92. The Kier molecular flexibility index (Phi) is 6.36. The number of benzene rings is 1. The Hall–Kier alpha value is -1.23. The van der Waals surface area contributed by atoms with Crippen molar-refractivity contribution in [2.45, 2.75) is 56.5 Å². The number of hydrogen-bond acceptors (Lipinski definition) is 4. The zero-order valence-corrected chi connectivity index (χ0v) is 13.5. The van der Waals surface area contributed by atoms with Crippen LogP contribution in [0.2, 0.25) is 0 Å². The maximum atomic E-state index is 11.1. The number of nitro groups is 1. The largest absolute Gasteiger partial charge is 0.379 e. The van der Waals surface area contributed by atoms with E-state index in [2.05, 4.69) is 12.2 Å². The van der Waals surface area contributed by atoms with Crippen LogP contribution in [0, 0.1) is 10.1 Å². The highest BCUT2D eigenvalue weighted by atomic mass is 32.2. The van der Waals surface area contributed by atoms with Gasteiger partial charge in [-0.05, 0) is 30.9 Å². The minimum Gasteiger partial charge on any atom is -0.379 e. The van der Waals surface area contributed by atoms with Crippen molar-refractivity contribution in [2.24, 2.45) is 0 Å². The van der Waals surface area contributed by atoms with Crippen LogP contribution in [0.3, 0.4) is 0 Å². The summed E-state index contributed by atoms with van der Waals surface area (Å²) in [6.07, 6.45) is 7.66. The normalized spacial score (nSPS) is 15.9. The molecule has 1 saturated carbocycles. The first kappa shape index (κ1) is 16.1. The fourth-order valence-electron chi connectivity index (χ4n) is 2.68. The Morgan fingerprint density at radius 2 is 2.10 bits per heavy atom. The summed E-state index contributed by atoms with van der Waals surface area (Å²) in [5.41, 5.74) is 2.01. The fraction of sp³-hybridized carbons (Fsp3) is 0.625. The van der Waals surface area contributed by atoms with E-state index in [0.717, 1.165) is 24.0 Å². The van der Waals surface area contributed by atoms with Gasteiger partial charge >= 0.3 is 0 Å². The van der Waals surface area contributed by atoms with Crippen LogP contribution in [0.15, 0.2) is 18.2 Å². The molecule has 2 rings (SSSR count). The van der Waals surface area contributed by atoms with E-state index in [1.54, 1.807) is 6.07 Å². The monoisotopic (exact) mass is 308 g/mol. The molecular formula is C16H24N2O2S. The van der Waals surface area contributed by atoms with Crippen molar-refractivity contribution in [3.8, 4) is 0 Å². The minimum atomic E-state index is -0.309. The molecule has 5 heteroatoms. The summed E-state index contributed by atoms with van der Waals surface area (Å²) in [6.45, 7) is 2.82. The lowest BCUT2D eigenvalue weighted by Crippen LogP contribution is -2.08. The number of nitrogens with one attached hydrogen (secondary N) is 1. The van der Waals surface area contributed by atoms with Gasteiger partial charge in [-0.3, -0.25) is 10.1 Å². The van der Waals surface area contributed by atoms with Gasteiger partial charge in [0, 0.05) is 23.6 Å². The third-order valence-corrected chi connectivity index (χ3v) is 5.30. The predicted molar refractivity (Wildman–Crippen MR) is 90.0 cm³/mol. The van der Waals surface area contributed by atoms with Crippen molar-refractivity contribution < 1.29 is 4.92 Å². The zero-order valence-electron chi connectivity index (χ0n) is 12.6. The standard InChI is InChI=1S/C16H24N2O2S/c1-2-10-17-15-11-13(8-9-16(15)18(19)20)12-21-14-6-4-3-5-7-14/h8-9,11,14,17H,2-7,10,12H2,1H3. The maximum Gasteiger partial charge on any atom is 0.292 e. The van der Waals surface area contributed by atoms with Crippen LogP contribution >= 0.6 is 11.8 Å². The van der Waals surface area contributed by atoms with Crippen LogP contribution in [0.4, 0.5) is 11.4 Å². The molecule has 116 valence electrons. The molecule has 1 aromatic rings. The van der Waals surface area contributed by atoms with Crippen LogP contribution in [0.5, 0.6) is 0 Å². The van der Waals surface area contributed by atoms with E-state index in [1.165, 1.54) is 37.7 Å². The van der Waals surface area contributed by atoms with Gasteiger partial charge in [0.25, 0.3) is 5.69 Å². The van der Waals surface area contributed by atoms with Gasteiger partial charge in [0.2, 0.25) is 0 Å². The molecular weight excluding hydrogens is 284 g/mol. The number of hydrogen-bond donors (Lipinski definition) is 1. The highest BCUT2D eigenvalue weighted by Gasteiger charge is 2.16. The second-order valence-corrected chi connectivity index (χ2v) is 6.90. The molecule has 0 saturated heterocycles. The maximum absolute atomic E-state index is 11.1. The van der Waals surface area contributed by atoms with Gasteiger partial charge in [0.05, 0.1) is 4.92 Å². The lowest BCUT2D eigenvalue weighted by atomic mass is 10.0. The topological polar surface area (TPSA) is 55.2 Å². The smallest absolute Gasteiger partial charge is 0.292 e. The first-order valence-corrected chi connectivity index (χ1v) is 8.88. The number of nitrogens with zero attached hydrogens (tertiary/aromatic N) is 1. The SMILES string of the molecule is CCCNc1cc(CSC2CCCCC2)ccc1[N+](=O)[O-]. The number of rotatable bonds is 7. The fourth-order valence-corrected chi connectivity index (χ4v) is 3.95. The number of anilines is 1. The summed E-state index contributed by atoms with van der Waals surface area (Å²) in [6, 6.07) is 5.48. The molecule has 0 bridgehead atoms. The second kappa shape index (κ2) is 8.27. The molecule has 1 aliphatic rings. The minimum absolute atomic E-state index is 0.176. The molecule has 21 heavy (non-hydrogen) atoms. The molecule has 1 aromatic carbocycles. The highest BCUT2D eigenvalue weighted by molar-refractivity contribution is 7.99. The van der Waals surface area contributed by atoms with Crippen LogP contribution in [0.25, 0.3) is 0 Å². The second-order valence-electron chi connectivity index (χ2n) is 5.61. The third-order valence-electron chi connectivity index (χ3n) is 3.86. The van der Waals surface area contributed by atoms with E-state index in [4.69, 9.17) is 0 Å². The zero-order chi connectivity index (χ0) is 15.1. The lowest BCUT2D eigenvalue weighted by molar-refractivity contribution is -0.384. The first-order chi connectivity index (χ1) is 10.2. The molecule has 1 N–H and O–H groups in total. The summed E-state index contributed by atoms with van der Waals surface area (Å²) >= 11 is 2.00. The van der Waals surface area contributed by atoms with Gasteiger partial charge in [-0.15, -0.1) is 0 Å². The van der Waals surface area contributed by atoms with Crippen LogP contribution < -0.4 is 5.32 Å². The summed E-state index contributed by atoms with van der Waals surface area (Å²) in [7, 11) is 0. The Morgan fingerprint density at radius 1 is 1.33 bits per heavy atom. The van der Waals surface area contributed by atoms with Crippen LogP contribution in [-0.4, -0.2) is 16.7 Å². The quantitative estimate of drug-likeness (QED) is 0.570. The average molecular weight is 308 g/mol. The van der Waals surface area contributed by atoms with Crippen LogP contribution in [-0.2, 0) is 5.75 Å². The Balaban J connectivity index is 2.00. The van der Waals surface area contributed by atoms with E-state index in [-0.39, 0.29) is 10.6 Å². The van der Waals surface area contributed by atoms with Crippen molar-refractivity contribution >= 4 is 23.1 Å². The van der Waals surface area contributed by atoms with Crippen molar-refractivity contribution in [1.82, 2.24) is 0 Å². The number of nitro benzene ring substituents is 1. The van der Waals surface area contributed by atoms with E-state index >= 15 is 0 Å². The molecule has 0 heterocycles. The van der Waals surface area contributed by atoms with Gasteiger partial charge < -0.3 is 5.32 Å². The number of thioether (sulfide) groups is 1. The molecule has 0 amide bonds. The van der Waals surface area contributed by atoms with Gasteiger partial charge in [-0.2, -0.15) is 11.8 Å². The van der Waals surface area contributed by atoms with Crippen molar-refractivity contribution in [2.75, 3.05) is 11.9 Å². The molecule has 1 fully saturated rings. The molecule has 4 nitrogen and oxygen atoms in total. The van der Waals surface area contributed by atoms with Crippen LogP contribution in [0.1, 0.15) is 51.0 Å². The summed E-state index contributed by atoms with van der Waals surface area (Å²) < 4.78 is 0. The molecule has 0 aromatic heterocycles. The van der Waals surface area contributed by atoms with Gasteiger partial charge in [-0.25, -0.2) is 0 Å². The Labute approximate surface area is 130 Å². The van der Waals surface area contributed by atoms with Crippen molar-refractivity contribution in [1.29, 1.82) is 0 Å². The first-order valence-electron chi connectivity index (χ1n) is 7.83. The molecule has 0 unspecified atom stereocenters. The van der Waals surface area contributed by atoms with Crippen molar-refractivity contribution in [3.63, 3.8) is 0 Å². The van der Waals surface area contributed by atoms with E-state index in [1.807, 2.05) is 23.9 Å². The van der Waals surface area contributed by atoms with Gasteiger partial charge in [-0.1, -0.05) is 32.3 Å². The lowest BCUT2D eigenvalue weighted by Gasteiger charge is -2.21. The van der Waals surface area contributed by atoms with Gasteiger partial charge in [0.15, 0.2) is 0 Å². The molecule has 0 spiro atoms. The summed E-state index contributed by atoms with van der Waals surface area (Å²) in [5, 5.41) is 15.0. The summed E-state index contributed by atoms with van der Waals surface area (Å²) in [4.78, 5) is 10.8. The Morgan fingerprint density at radius 3 is 2.76 bits per heavy atom. The van der Waals surface area contributed by atoms with E-state index < -0.39 is 0 Å². The molecule has 0 radical (unpaired) electrons. The van der Waals surface area contributed by atoms with Crippen molar-refractivity contribution in [3.05, 3.63) is 33.9 Å². The molecule has 1 aliphatic carbocycles. The van der Waals surface area contributed by atoms with Gasteiger partial charge in [0.1, 0.15) is 5.69 Å². The predicted octanol–water partition coefficient (Wildman–Crippen LogP) is 4.98. The van der Waals surface area contributed by atoms with E-state index in [9.17, 15) is 10.1 Å².